The van der Waals surface area contributed by atoms with Crippen molar-refractivity contribution >= 4 is 15.9 Å². The molecule has 130 valence electrons. The molecule has 8 heteroatoms. The Morgan fingerprint density at radius 1 is 1.17 bits per heavy atom. The lowest BCUT2D eigenvalue weighted by Gasteiger charge is -2.16. The maximum absolute atomic E-state index is 12.2. The number of alkyl halides is 2. The third-order valence-electron chi connectivity index (χ3n) is 3.14. The van der Waals surface area contributed by atoms with Gasteiger partial charge in [0.25, 0.3) is 0 Å². The summed E-state index contributed by atoms with van der Waals surface area (Å²) < 4.78 is 50.4. The molecule has 0 fully saturated rings. The third-order valence-corrected chi connectivity index (χ3v) is 4.86. The molecule has 0 aliphatic heterocycles. The van der Waals surface area contributed by atoms with E-state index in [9.17, 15) is 22.0 Å². The summed E-state index contributed by atoms with van der Waals surface area (Å²) in [6, 6.07) is 8.21. The van der Waals surface area contributed by atoms with Crippen LogP contribution < -0.4 is 10.0 Å². The molecule has 1 amide bonds. The fourth-order valence-electron chi connectivity index (χ4n) is 2.06. The molecule has 0 radical (unpaired) electrons. The Morgan fingerprint density at radius 2 is 1.78 bits per heavy atom. The van der Waals surface area contributed by atoms with E-state index in [1.54, 1.807) is 0 Å². The topological polar surface area (TPSA) is 75.3 Å². The van der Waals surface area contributed by atoms with E-state index in [0.717, 1.165) is 5.56 Å². The number of amides is 1. The molecule has 0 heterocycles. The molecule has 0 bridgehead atoms. The van der Waals surface area contributed by atoms with Gasteiger partial charge in [0.2, 0.25) is 22.4 Å². The summed E-state index contributed by atoms with van der Waals surface area (Å²) in [5.41, 5.74) is 0.890. The average molecular weight is 348 g/mol. The highest BCUT2D eigenvalue weighted by molar-refractivity contribution is 7.89. The van der Waals surface area contributed by atoms with Gasteiger partial charge in [-0.3, -0.25) is 4.79 Å². The molecule has 23 heavy (non-hydrogen) atoms. The minimum Gasteiger partial charge on any atom is -0.351 e. The summed E-state index contributed by atoms with van der Waals surface area (Å²) in [6.45, 7) is 3.13. The zero-order valence-electron chi connectivity index (χ0n) is 13.1. The normalized spacial score (nSPS) is 14.5. The van der Waals surface area contributed by atoms with Crippen molar-refractivity contribution < 1.29 is 22.0 Å². The number of sulfonamides is 1. The number of carbonyl (C=O) groups is 1. The predicted molar refractivity (Wildman–Crippen MR) is 84.5 cm³/mol. The van der Waals surface area contributed by atoms with Crippen LogP contribution in [0.15, 0.2) is 30.3 Å². The SMILES string of the molecule is CC(CC(F)F)CS(=O)(=O)NC(C)C(=O)NCc1ccccc1. The second-order valence-electron chi connectivity index (χ2n) is 5.56. The van der Waals surface area contributed by atoms with Gasteiger partial charge in [-0.05, 0) is 18.4 Å². The van der Waals surface area contributed by atoms with Crippen molar-refractivity contribution in [1.29, 1.82) is 0 Å². The van der Waals surface area contributed by atoms with Gasteiger partial charge < -0.3 is 5.32 Å². The molecule has 2 N–H and O–H groups in total. The van der Waals surface area contributed by atoms with Crippen LogP contribution in [0, 0.1) is 5.92 Å². The molecular formula is C15H22F2N2O3S. The van der Waals surface area contributed by atoms with Crippen LogP contribution in [-0.4, -0.2) is 32.5 Å². The van der Waals surface area contributed by atoms with Gasteiger partial charge in [-0.2, -0.15) is 0 Å². The Hall–Kier alpha value is -1.54. The van der Waals surface area contributed by atoms with Crippen molar-refractivity contribution in [2.75, 3.05) is 5.75 Å². The van der Waals surface area contributed by atoms with Gasteiger partial charge in [-0.15, -0.1) is 0 Å². The van der Waals surface area contributed by atoms with E-state index in [-0.39, 0.29) is 6.54 Å². The van der Waals surface area contributed by atoms with Crippen LogP contribution in [0.4, 0.5) is 8.78 Å². The van der Waals surface area contributed by atoms with Gasteiger partial charge >= 0.3 is 0 Å². The maximum Gasteiger partial charge on any atom is 0.238 e. The number of nitrogens with one attached hydrogen (secondary N) is 2. The van der Waals surface area contributed by atoms with Gasteiger partial charge in [0.15, 0.2) is 0 Å². The Labute approximate surface area is 135 Å². The van der Waals surface area contributed by atoms with E-state index in [4.69, 9.17) is 0 Å². The van der Waals surface area contributed by atoms with E-state index in [1.807, 2.05) is 30.3 Å². The Morgan fingerprint density at radius 3 is 2.35 bits per heavy atom. The lowest BCUT2D eigenvalue weighted by atomic mass is 10.1. The van der Waals surface area contributed by atoms with Gasteiger partial charge in [0.1, 0.15) is 0 Å². The van der Waals surface area contributed by atoms with Crippen LogP contribution in [0.3, 0.4) is 0 Å². The minimum atomic E-state index is -3.80. The molecule has 0 spiro atoms. The summed E-state index contributed by atoms with van der Waals surface area (Å²) in [7, 11) is -3.80. The first kappa shape index (κ1) is 19.5. The van der Waals surface area contributed by atoms with E-state index >= 15 is 0 Å². The van der Waals surface area contributed by atoms with Gasteiger partial charge in [-0.1, -0.05) is 37.3 Å². The molecule has 1 aromatic rings. The number of benzene rings is 1. The lowest BCUT2D eigenvalue weighted by molar-refractivity contribution is -0.122. The van der Waals surface area contributed by atoms with Crippen molar-refractivity contribution in [2.45, 2.75) is 39.3 Å². The zero-order valence-corrected chi connectivity index (χ0v) is 13.9. The summed E-state index contributed by atoms with van der Waals surface area (Å²) in [5, 5.41) is 2.62. The van der Waals surface area contributed by atoms with E-state index < -0.39 is 46.5 Å². The quantitative estimate of drug-likeness (QED) is 0.716. The number of carbonyl (C=O) groups excluding carboxylic acids is 1. The molecule has 0 aliphatic carbocycles. The molecule has 1 aromatic carbocycles. The summed E-state index contributed by atoms with van der Waals surface area (Å²) in [6.07, 6.45) is -3.04. The smallest absolute Gasteiger partial charge is 0.238 e. The Bertz CT molecular complexity index is 594. The fourth-order valence-corrected chi connectivity index (χ4v) is 3.68. The standard InChI is InChI=1S/C15H22F2N2O3S/c1-11(8-14(16)17)10-23(21,22)19-12(2)15(20)18-9-13-6-4-3-5-7-13/h3-7,11-12,14,19H,8-10H2,1-2H3,(H,18,20). The first-order chi connectivity index (χ1) is 10.7. The number of hydrogen-bond donors (Lipinski definition) is 2. The van der Waals surface area contributed by atoms with Gasteiger partial charge in [0, 0.05) is 13.0 Å². The van der Waals surface area contributed by atoms with Crippen LogP contribution in [0.1, 0.15) is 25.8 Å². The molecule has 0 saturated carbocycles. The largest absolute Gasteiger partial charge is 0.351 e. The molecule has 0 aromatic heterocycles. The van der Waals surface area contributed by atoms with Crippen LogP contribution >= 0.6 is 0 Å². The number of halogens is 2. The monoisotopic (exact) mass is 348 g/mol. The van der Waals surface area contributed by atoms with Gasteiger partial charge in [0.05, 0.1) is 11.8 Å². The lowest BCUT2D eigenvalue weighted by Crippen LogP contribution is -2.45. The number of rotatable bonds is 9. The maximum atomic E-state index is 12.2. The minimum absolute atomic E-state index is 0.285. The predicted octanol–water partition coefficient (Wildman–Crippen LogP) is 1.90. The van der Waals surface area contributed by atoms with Crippen LogP contribution in [-0.2, 0) is 21.4 Å². The van der Waals surface area contributed by atoms with Crippen LogP contribution in [0.25, 0.3) is 0 Å². The van der Waals surface area contributed by atoms with Crippen molar-refractivity contribution in [3.63, 3.8) is 0 Å². The highest BCUT2D eigenvalue weighted by Crippen LogP contribution is 2.12. The molecular weight excluding hydrogens is 326 g/mol. The van der Waals surface area contributed by atoms with Gasteiger partial charge in [-0.25, -0.2) is 21.9 Å². The highest BCUT2D eigenvalue weighted by atomic mass is 32.2. The molecule has 5 nitrogen and oxygen atoms in total. The van der Waals surface area contributed by atoms with Crippen LogP contribution in [0.2, 0.25) is 0 Å². The van der Waals surface area contributed by atoms with E-state index in [1.165, 1.54) is 13.8 Å². The second kappa shape index (κ2) is 8.93. The summed E-state index contributed by atoms with van der Waals surface area (Å²) in [5.74, 6) is -1.60. The van der Waals surface area contributed by atoms with Crippen molar-refractivity contribution in [3.8, 4) is 0 Å². The van der Waals surface area contributed by atoms with E-state index in [2.05, 4.69) is 10.0 Å². The summed E-state index contributed by atoms with van der Waals surface area (Å²) in [4.78, 5) is 11.9. The second-order valence-corrected chi connectivity index (χ2v) is 7.35. The molecule has 2 unspecified atom stereocenters. The number of hydrogen-bond acceptors (Lipinski definition) is 3. The molecule has 2 atom stereocenters. The van der Waals surface area contributed by atoms with Crippen LogP contribution in [0.5, 0.6) is 0 Å². The molecule has 1 rings (SSSR count). The Kier molecular flexibility index (Phi) is 7.57. The average Bonchev–Trinajstić information content (AvgIpc) is 2.43. The molecule has 0 saturated heterocycles. The Balaban J connectivity index is 2.46. The zero-order chi connectivity index (χ0) is 17.5. The first-order valence-electron chi connectivity index (χ1n) is 7.29. The van der Waals surface area contributed by atoms with Crippen molar-refractivity contribution in [1.82, 2.24) is 10.0 Å². The summed E-state index contributed by atoms with van der Waals surface area (Å²) >= 11 is 0. The van der Waals surface area contributed by atoms with E-state index in [0.29, 0.717) is 0 Å². The first-order valence-corrected chi connectivity index (χ1v) is 8.94. The van der Waals surface area contributed by atoms with Crippen molar-refractivity contribution in [2.24, 2.45) is 5.92 Å². The molecule has 0 aliphatic rings. The third kappa shape index (κ3) is 8.03. The fraction of sp³-hybridized carbons (Fsp3) is 0.533. The van der Waals surface area contributed by atoms with Crippen molar-refractivity contribution in [3.05, 3.63) is 35.9 Å². The highest BCUT2D eigenvalue weighted by Gasteiger charge is 2.23.